The molecule has 150 valence electrons. The van der Waals surface area contributed by atoms with Crippen molar-refractivity contribution in [2.24, 2.45) is 5.92 Å². The molecule has 1 aromatic carbocycles. The van der Waals surface area contributed by atoms with Crippen molar-refractivity contribution in [3.05, 3.63) is 46.8 Å². The molecule has 0 spiro atoms. The number of aromatic amines is 1. The third-order valence-corrected chi connectivity index (χ3v) is 5.92. The number of nitrogen functional groups attached to an aromatic ring is 1. The van der Waals surface area contributed by atoms with Crippen LogP contribution >= 0.6 is 0 Å². The molecule has 0 amide bonds. The molecule has 1 saturated heterocycles. The Kier molecular flexibility index (Phi) is 5.36. The summed E-state index contributed by atoms with van der Waals surface area (Å²) in [5, 5.41) is 10.7. The van der Waals surface area contributed by atoms with Crippen LogP contribution in [0.25, 0.3) is 0 Å². The van der Waals surface area contributed by atoms with Crippen molar-refractivity contribution in [1.82, 2.24) is 15.1 Å². The summed E-state index contributed by atoms with van der Waals surface area (Å²) in [5.41, 5.74) is 10.2. The standard InChI is InChI=1S/C21H26BN5O2/c1-3-29-21(28)17-16(13-5-4-6-15(23)18(13)22)14-11-24-26-20(14)25-19(17)12-7-9-27(2)10-8-12/h4-6,11-12,16H,3,7-10,23H2,1-2H3,(H2,24,25,26). The van der Waals surface area contributed by atoms with Gasteiger partial charge in [0.1, 0.15) is 13.7 Å². The molecule has 4 rings (SSSR count). The fraction of sp³-hybridized carbons (Fsp3) is 0.429. The van der Waals surface area contributed by atoms with E-state index >= 15 is 0 Å². The third kappa shape index (κ3) is 3.53. The number of hydrogen-bond acceptors (Lipinski definition) is 6. The van der Waals surface area contributed by atoms with Crippen molar-refractivity contribution < 1.29 is 9.53 Å². The zero-order valence-electron chi connectivity index (χ0n) is 16.9. The molecular formula is C21H26BN5O2. The van der Waals surface area contributed by atoms with E-state index in [1.165, 1.54) is 0 Å². The lowest BCUT2D eigenvalue weighted by Crippen LogP contribution is -2.36. The number of esters is 1. The van der Waals surface area contributed by atoms with Crippen LogP contribution in [0.5, 0.6) is 0 Å². The van der Waals surface area contributed by atoms with E-state index in [9.17, 15) is 4.79 Å². The van der Waals surface area contributed by atoms with Gasteiger partial charge in [0.2, 0.25) is 0 Å². The van der Waals surface area contributed by atoms with E-state index in [0.29, 0.717) is 23.3 Å². The van der Waals surface area contributed by atoms with Gasteiger partial charge in [-0.05, 0) is 51.5 Å². The molecule has 2 aromatic rings. The highest BCUT2D eigenvalue weighted by atomic mass is 16.5. The van der Waals surface area contributed by atoms with Crippen LogP contribution in [0.1, 0.15) is 36.8 Å². The first-order valence-corrected chi connectivity index (χ1v) is 10.0. The first-order valence-electron chi connectivity index (χ1n) is 10.0. The monoisotopic (exact) mass is 391 g/mol. The van der Waals surface area contributed by atoms with Gasteiger partial charge in [-0.1, -0.05) is 17.6 Å². The number of fused-ring (bicyclic) bond motifs is 1. The second kappa shape index (κ2) is 7.95. The number of nitrogens with zero attached hydrogens (tertiary/aromatic N) is 2. The molecule has 29 heavy (non-hydrogen) atoms. The zero-order chi connectivity index (χ0) is 20.5. The molecule has 3 heterocycles. The van der Waals surface area contributed by atoms with E-state index in [-0.39, 0.29) is 17.8 Å². The Morgan fingerprint density at radius 1 is 1.34 bits per heavy atom. The smallest absolute Gasteiger partial charge is 0.336 e. The maximum Gasteiger partial charge on any atom is 0.336 e. The molecule has 2 aliphatic rings. The third-order valence-electron chi connectivity index (χ3n) is 5.92. The first-order chi connectivity index (χ1) is 14.0. The summed E-state index contributed by atoms with van der Waals surface area (Å²) in [5.74, 6) is 0.306. The van der Waals surface area contributed by atoms with Crippen LogP contribution < -0.4 is 16.5 Å². The maximum absolute atomic E-state index is 13.2. The molecule has 0 saturated carbocycles. The van der Waals surface area contributed by atoms with Crippen molar-refractivity contribution in [3.63, 3.8) is 0 Å². The number of nitrogens with two attached hydrogens (primary N) is 1. The average molecular weight is 391 g/mol. The molecule has 2 aliphatic heterocycles. The Hall–Kier alpha value is -2.74. The van der Waals surface area contributed by atoms with E-state index in [1.807, 2.05) is 19.1 Å². The van der Waals surface area contributed by atoms with E-state index in [1.54, 1.807) is 12.3 Å². The first kappa shape index (κ1) is 19.6. The Morgan fingerprint density at radius 3 is 2.83 bits per heavy atom. The van der Waals surface area contributed by atoms with Crippen LogP contribution in [0.4, 0.5) is 11.5 Å². The van der Waals surface area contributed by atoms with Gasteiger partial charge in [0.15, 0.2) is 0 Å². The highest BCUT2D eigenvalue weighted by Crippen LogP contribution is 2.44. The number of allylic oxidation sites excluding steroid dienone is 1. The number of benzene rings is 1. The van der Waals surface area contributed by atoms with Crippen LogP contribution in [0, 0.1) is 5.92 Å². The summed E-state index contributed by atoms with van der Waals surface area (Å²) < 4.78 is 5.49. The van der Waals surface area contributed by atoms with E-state index in [2.05, 4.69) is 27.5 Å². The molecule has 4 N–H and O–H groups in total. The molecule has 0 aliphatic carbocycles. The molecule has 1 atom stereocenters. The highest BCUT2D eigenvalue weighted by molar-refractivity contribution is 6.37. The molecule has 1 fully saturated rings. The minimum Gasteiger partial charge on any atom is -0.463 e. The number of nitrogens with one attached hydrogen (secondary N) is 2. The summed E-state index contributed by atoms with van der Waals surface area (Å²) >= 11 is 0. The number of rotatable bonds is 4. The number of aromatic nitrogens is 2. The molecule has 2 radical (unpaired) electrons. The number of likely N-dealkylation sites (tertiary alicyclic amines) is 1. The number of anilines is 2. The predicted octanol–water partition coefficient (Wildman–Crippen LogP) is 1.50. The summed E-state index contributed by atoms with van der Waals surface area (Å²) in [7, 11) is 8.48. The zero-order valence-corrected chi connectivity index (χ0v) is 16.9. The van der Waals surface area contributed by atoms with Crippen molar-refractivity contribution in [3.8, 4) is 0 Å². The quantitative estimate of drug-likeness (QED) is 0.415. The number of H-pyrrole nitrogens is 1. The van der Waals surface area contributed by atoms with Gasteiger partial charge in [0.25, 0.3) is 0 Å². The molecule has 7 nitrogen and oxygen atoms in total. The number of piperidine rings is 1. The van der Waals surface area contributed by atoms with Gasteiger partial charge < -0.3 is 20.7 Å². The van der Waals surface area contributed by atoms with Crippen molar-refractivity contribution in [2.75, 3.05) is 37.8 Å². The molecular weight excluding hydrogens is 365 g/mol. The Morgan fingerprint density at radius 2 is 2.10 bits per heavy atom. The topological polar surface area (TPSA) is 96.3 Å². The van der Waals surface area contributed by atoms with Crippen molar-refractivity contribution in [1.29, 1.82) is 0 Å². The number of carbonyl (C=O) groups is 1. The van der Waals surface area contributed by atoms with E-state index in [4.69, 9.17) is 18.3 Å². The molecule has 1 aromatic heterocycles. The van der Waals surface area contributed by atoms with Crippen LogP contribution in [0.2, 0.25) is 0 Å². The van der Waals surface area contributed by atoms with Crippen LogP contribution in [-0.2, 0) is 9.53 Å². The van der Waals surface area contributed by atoms with Crippen LogP contribution in [-0.4, -0.2) is 55.7 Å². The number of hydrogen-bond donors (Lipinski definition) is 3. The summed E-state index contributed by atoms with van der Waals surface area (Å²) in [6.07, 6.45) is 3.66. The maximum atomic E-state index is 13.2. The highest BCUT2D eigenvalue weighted by Gasteiger charge is 2.39. The van der Waals surface area contributed by atoms with Crippen LogP contribution in [0.15, 0.2) is 35.7 Å². The minimum atomic E-state index is -0.387. The lowest BCUT2D eigenvalue weighted by molar-refractivity contribution is -0.138. The van der Waals surface area contributed by atoms with Crippen molar-refractivity contribution in [2.45, 2.75) is 25.7 Å². The number of carbonyl (C=O) groups excluding carboxylic acids is 1. The average Bonchev–Trinajstić information content (AvgIpc) is 3.18. The lowest BCUT2D eigenvalue weighted by Gasteiger charge is -2.36. The van der Waals surface area contributed by atoms with Crippen molar-refractivity contribution >= 4 is 30.8 Å². The second-order valence-electron chi connectivity index (χ2n) is 7.73. The second-order valence-corrected chi connectivity index (χ2v) is 7.73. The largest absolute Gasteiger partial charge is 0.463 e. The summed E-state index contributed by atoms with van der Waals surface area (Å²) in [4.78, 5) is 15.5. The minimum absolute atomic E-state index is 0.229. The Balaban J connectivity index is 1.89. The summed E-state index contributed by atoms with van der Waals surface area (Å²) in [6, 6.07) is 5.55. The van der Waals surface area contributed by atoms with Gasteiger partial charge in [-0.2, -0.15) is 5.10 Å². The SMILES string of the molecule is [B]c1c(N)cccc1C1C(C(=O)OCC)=C(C2CCN(C)CC2)Nc2[nH]ncc21. The van der Waals surface area contributed by atoms with Gasteiger partial charge in [0, 0.05) is 28.8 Å². The Bertz CT molecular complexity index is 946. The van der Waals surface area contributed by atoms with Gasteiger partial charge in [0.05, 0.1) is 18.4 Å². The number of ether oxygens (including phenoxy) is 1. The lowest BCUT2D eigenvalue weighted by atomic mass is 9.74. The van der Waals surface area contributed by atoms with E-state index < -0.39 is 0 Å². The Labute approximate surface area is 172 Å². The predicted molar refractivity (Wildman–Crippen MR) is 114 cm³/mol. The normalized spacial score (nSPS) is 20.3. The fourth-order valence-electron chi connectivity index (χ4n) is 4.36. The van der Waals surface area contributed by atoms with Gasteiger partial charge in [-0.3, -0.25) is 5.10 Å². The van der Waals surface area contributed by atoms with E-state index in [0.717, 1.165) is 48.6 Å². The molecule has 0 bridgehead atoms. The molecule has 8 heteroatoms. The fourth-order valence-corrected chi connectivity index (χ4v) is 4.36. The van der Waals surface area contributed by atoms with Gasteiger partial charge in [-0.15, -0.1) is 0 Å². The molecule has 1 unspecified atom stereocenters. The van der Waals surface area contributed by atoms with Crippen LogP contribution in [0.3, 0.4) is 0 Å². The van der Waals surface area contributed by atoms with Gasteiger partial charge >= 0.3 is 5.97 Å². The van der Waals surface area contributed by atoms with Gasteiger partial charge in [-0.25, -0.2) is 4.79 Å². The summed E-state index contributed by atoms with van der Waals surface area (Å²) in [6.45, 7) is 4.08.